The van der Waals surface area contributed by atoms with Crippen molar-refractivity contribution in [3.63, 3.8) is 0 Å². The van der Waals surface area contributed by atoms with Crippen molar-refractivity contribution in [3.05, 3.63) is 104 Å². The number of hydrogen-bond acceptors (Lipinski definition) is 8. The number of nitrogens with one attached hydrogen (secondary N) is 2. The van der Waals surface area contributed by atoms with Gasteiger partial charge in [0.1, 0.15) is 46.5 Å². The lowest BCUT2D eigenvalue weighted by Crippen LogP contribution is -2.38. The van der Waals surface area contributed by atoms with Crippen LogP contribution < -0.4 is 20.3 Å². The number of halogens is 7. The van der Waals surface area contributed by atoms with Gasteiger partial charge in [0.2, 0.25) is 15.9 Å². The van der Waals surface area contributed by atoms with Gasteiger partial charge < -0.3 is 10.1 Å². The first-order chi connectivity index (χ1) is 26.9. The van der Waals surface area contributed by atoms with Crippen LogP contribution >= 0.6 is 11.6 Å². The Kier molecular flexibility index (Phi) is 9.06. The minimum absolute atomic E-state index is 0.000265. The van der Waals surface area contributed by atoms with Crippen molar-refractivity contribution in [1.82, 2.24) is 34.4 Å². The lowest BCUT2D eigenvalue weighted by Gasteiger charge is -2.24. The Morgan fingerprint density at radius 3 is 2.47 bits per heavy atom. The van der Waals surface area contributed by atoms with E-state index in [9.17, 15) is 35.6 Å². The van der Waals surface area contributed by atoms with Gasteiger partial charge in [-0.1, -0.05) is 17.7 Å². The molecule has 21 heteroatoms. The molecule has 1 unspecified atom stereocenters. The highest BCUT2D eigenvalue weighted by Crippen LogP contribution is 2.68. The third-order valence-electron chi connectivity index (χ3n) is 10.0. The summed E-state index contributed by atoms with van der Waals surface area (Å²) in [6, 6.07) is 8.32. The predicted octanol–water partition coefficient (Wildman–Crippen LogP) is 6.03. The van der Waals surface area contributed by atoms with E-state index in [1.807, 2.05) is 0 Å². The van der Waals surface area contributed by atoms with E-state index in [1.54, 1.807) is 0 Å². The molecule has 3 aromatic heterocycles. The van der Waals surface area contributed by atoms with Crippen molar-refractivity contribution in [2.24, 2.45) is 13.0 Å². The molecular formula is C36H29ClF6N8O5S. The number of alkyl halides is 4. The number of amides is 1. The Labute approximate surface area is 323 Å². The van der Waals surface area contributed by atoms with Crippen LogP contribution in [0.15, 0.2) is 53.3 Å². The lowest BCUT2D eigenvalue weighted by molar-refractivity contribution is -0.123. The maximum Gasteiger partial charge on any atom is 0.293 e. The van der Waals surface area contributed by atoms with Gasteiger partial charge in [0.15, 0.2) is 5.82 Å². The topological polar surface area (TPSA) is 155 Å². The highest BCUT2D eigenvalue weighted by Gasteiger charge is 2.67. The van der Waals surface area contributed by atoms with E-state index >= 15 is 8.78 Å². The number of rotatable bonds is 11. The molecule has 0 spiro atoms. The number of carbonyl (C=O) groups excluding carboxylic acids is 1. The van der Waals surface area contributed by atoms with Gasteiger partial charge in [0, 0.05) is 31.0 Å². The van der Waals surface area contributed by atoms with Crippen molar-refractivity contribution < 1.29 is 44.3 Å². The quantitative estimate of drug-likeness (QED) is 0.150. The molecule has 1 saturated carbocycles. The van der Waals surface area contributed by atoms with Crippen molar-refractivity contribution in [2.75, 3.05) is 18.1 Å². The summed E-state index contributed by atoms with van der Waals surface area (Å²) in [4.78, 5) is 33.5. The van der Waals surface area contributed by atoms with E-state index in [2.05, 4.69) is 20.2 Å². The number of fused-ring (bicyclic) bond motifs is 5. The van der Waals surface area contributed by atoms with E-state index in [1.165, 1.54) is 49.2 Å². The summed E-state index contributed by atoms with van der Waals surface area (Å²) in [6.45, 7) is -0.975. The molecule has 0 bridgehead atoms. The van der Waals surface area contributed by atoms with Crippen LogP contribution in [0.25, 0.3) is 27.5 Å². The molecule has 1 amide bonds. The molecule has 0 saturated heterocycles. The number of sulfonamides is 1. The number of benzene rings is 3. The predicted molar refractivity (Wildman–Crippen MR) is 195 cm³/mol. The summed E-state index contributed by atoms with van der Waals surface area (Å²) in [6.07, 6.45) is -2.75. The number of methoxy groups -OCH3 is 1. The normalized spacial score (nSPS) is 17.5. The van der Waals surface area contributed by atoms with Crippen LogP contribution in [0, 0.1) is 17.6 Å². The maximum absolute atomic E-state index is 15.4. The smallest absolute Gasteiger partial charge is 0.293 e. The Morgan fingerprint density at radius 1 is 1.09 bits per heavy atom. The SMILES string of the molecule is COc1cccc2nc(C(Cc3cc(F)cc(F)c3)NC(=O)Cn3nc(C(F)F)c4c3C(F)(F)[C@@H]3C[C@H]43)n(-c3ccc(Cl)c4c(NS(C)(=O)=O)nn(C)c34)c(=O)c12. The van der Waals surface area contributed by atoms with Gasteiger partial charge in [-0.05, 0) is 54.3 Å². The van der Waals surface area contributed by atoms with E-state index in [4.69, 9.17) is 21.3 Å². The first-order valence-corrected chi connectivity index (χ1v) is 19.4. The second-order valence-electron chi connectivity index (χ2n) is 13.9. The number of carbonyl (C=O) groups is 1. The molecule has 3 aromatic carbocycles. The average molecular weight is 835 g/mol. The van der Waals surface area contributed by atoms with Gasteiger partial charge in [-0.15, -0.1) is 0 Å². The van der Waals surface area contributed by atoms with E-state index in [0.29, 0.717) is 10.7 Å². The summed E-state index contributed by atoms with van der Waals surface area (Å²) < 4.78 is 123. The lowest BCUT2D eigenvalue weighted by atomic mass is 10.0. The molecule has 0 radical (unpaired) electrons. The summed E-state index contributed by atoms with van der Waals surface area (Å²) >= 11 is 6.58. The van der Waals surface area contributed by atoms with E-state index in [-0.39, 0.29) is 67.5 Å². The molecule has 13 nitrogen and oxygen atoms in total. The van der Waals surface area contributed by atoms with Gasteiger partial charge >= 0.3 is 0 Å². The third-order valence-corrected chi connectivity index (χ3v) is 10.9. The molecule has 2 aliphatic rings. The number of aryl methyl sites for hydroxylation is 1. The number of anilines is 1. The number of nitrogens with zero attached hydrogens (tertiary/aromatic N) is 6. The standard InChI is InChI=1S/C36H29ClF6N8O5S/c1-49-30-23(8-7-20(37)27(30)33(47-49)48-57(3,54)55)51-34(45-21-5-4-6-24(56-2)28(21)35(51)53)22(11-15-9-16(38)12-17(39)10-15)44-25(52)14-50-31-26(29(46-50)32(40)41)18-13-19(18)36(31,42)43/h4-10,12,18-19,22,32H,11,13-14H2,1-3H3,(H,44,52)(H,47,48)/t18-,19+,22?/m0/s1. The fourth-order valence-electron chi connectivity index (χ4n) is 7.76. The fraction of sp³-hybridized carbons (Fsp3) is 0.306. The average Bonchev–Trinajstić information content (AvgIpc) is 3.66. The largest absolute Gasteiger partial charge is 0.496 e. The zero-order chi connectivity index (χ0) is 40.9. The molecule has 6 aromatic rings. The van der Waals surface area contributed by atoms with Crippen LogP contribution in [0.3, 0.4) is 0 Å². The molecule has 0 aliphatic heterocycles. The van der Waals surface area contributed by atoms with E-state index in [0.717, 1.165) is 23.0 Å². The molecule has 3 heterocycles. The van der Waals surface area contributed by atoms with Gasteiger partial charge in [0.05, 0.1) is 46.5 Å². The maximum atomic E-state index is 15.4. The first-order valence-electron chi connectivity index (χ1n) is 17.1. The zero-order valence-electron chi connectivity index (χ0n) is 29.8. The van der Waals surface area contributed by atoms with Crippen molar-refractivity contribution in [3.8, 4) is 11.4 Å². The summed E-state index contributed by atoms with van der Waals surface area (Å²) in [5.41, 5.74) is -2.59. The molecule has 8 rings (SSSR count). The molecule has 2 N–H and O–H groups in total. The number of ether oxygens (including phenoxy) is 1. The minimum atomic E-state index is -3.90. The molecule has 1 fully saturated rings. The fourth-order valence-corrected chi connectivity index (χ4v) is 8.50. The second-order valence-corrected chi connectivity index (χ2v) is 16.0. The van der Waals surface area contributed by atoms with Crippen molar-refractivity contribution in [1.29, 1.82) is 0 Å². The van der Waals surface area contributed by atoms with E-state index < -0.39 is 87.7 Å². The first kappa shape index (κ1) is 38.3. The third kappa shape index (κ3) is 6.53. The monoisotopic (exact) mass is 834 g/mol. The minimum Gasteiger partial charge on any atom is -0.496 e. The summed E-state index contributed by atoms with van der Waals surface area (Å²) in [5.74, 6) is -8.91. The van der Waals surface area contributed by atoms with Gasteiger partial charge in [-0.2, -0.15) is 19.0 Å². The van der Waals surface area contributed by atoms with Crippen molar-refractivity contribution >= 4 is 55.2 Å². The van der Waals surface area contributed by atoms with Crippen LogP contribution in [-0.4, -0.2) is 56.8 Å². The van der Waals surface area contributed by atoms with Crippen LogP contribution in [-0.2, 0) is 40.8 Å². The second kappa shape index (κ2) is 13.5. The zero-order valence-corrected chi connectivity index (χ0v) is 31.4. The molecule has 2 aliphatic carbocycles. The highest BCUT2D eigenvalue weighted by atomic mass is 35.5. The summed E-state index contributed by atoms with van der Waals surface area (Å²) in [7, 11) is -1.14. The Bertz CT molecular complexity index is 2830. The van der Waals surface area contributed by atoms with Gasteiger partial charge in [-0.3, -0.25) is 28.2 Å². The Morgan fingerprint density at radius 2 is 1.81 bits per heavy atom. The van der Waals surface area contributed by atoms with Crippen LogP contribution in [0.4, 0.5) is 32.2 Å². The van der Waals surface area contributed by atoms with Crippen molar-refractivity contribution in [2.45, 2.75) is 43.7 Å². The van der Waals surface area contributed by atoms with Gasteiger partial charge in [0.25, 0.3) is 17.9 Å². The number of hydrogen-bond donors (Lipinski definition) is 2. The van der Waals surface area contributed by atoms with Gasteiger partial charge in [-0.25, -0.2) is 31.0 Å². The summed E-state index contributed by atoms with van der Waals surface area (Å²) in [5, 5.41) is 10.7. The molecular weight excluding hydrogens is 806 g/mol. The van der Waals surface area contributed by atoms with Crippen LogP contribution in [0.2, 0.25) is 5.02 Å². The Hall–Kier alpha value is -5.63. The van der Waals surface area contributed by atoms with Crippen LogP contribution in [0.1, 0.15) is 53.1 Å². The Balaban J connectivity index is 1.33. The highest BCUT2D eigenvalue weighted by molar-refractivity contribution is 7.92. The van der Waals surface area contributed by atoms with Crippen LogP contribution in [0.5, 0.6) is 5.75 Å². The molecule has 57 heavy (non-hydrogen) atoms. The molecule has 298 valence electrons. The number of aromatic nitrogens is 6. The molecule has 3 atom stereocenters.